The molecule has 0 aromatic rings. The highest BCUT2D eigenvalue weighted by Crippen LogP contribution is 2.08. The summed E-state index contributed by atoms with van der Waals surface area (Å²) in [5.74, 6) is 0.214. The quantitative estimate of drug-likeness (QED) is 0.600. The van der Waals surface area contributed by atoms with Crippen molar-refractivity contribution in [2.75, 3.05) is 32.7 Å². The van der Waals surface area contributed by atoms with Crippen LogP contribution in [0.4, 0.5) is 0 Å². The molecular formula is C15H33Cl2N3O. The van der Waals surface area contributed by atoms with Gasteiger partial charge in [0, 0.05) is 13.0 Å². The van der Waals surface area contributed by atoms with Gasteiger partial charge in [-0.25, -0.2) is 0 Å². The Morgan fingerprint density at radius 1 is 0.952 bits per heavy atom. The van der Waals surface area contributed by atoms with Gasteiger partial charge in [0.05, 0.1) is 0 Å². The topological polar surface area (TPSA) is 58.4 Å². The van der Waals surface area contributed by atoms with Crippen LogP contribution in [0.15, 0.2) is 0 Å². The van der Waals surface area contributed by atoms with Crippen LogP contribution in [0.3, 0.4) is 0 Å². The van der Waals surface area contributed by atoms with Crippen LogP contribution in [0, 0.1) is 0 Å². The Hall–Kier alpha value is -0.0300. The molecule has 0 unspecified atom stereocenters. The van der Waals surface area contributed by atoms with Gasteiger partial charge in [0.2, 0.25) is 5.91 Å². The molecule has 128 valence electrons. The molecule has 3 N–H and O–H groups in total. The number of nitrogens with one attached hydrogen (secondary N) is 1. The molecule has 0 aromatic carbocycles. The molecule has 1 rings (SSSR count). The van der Waals surface area contributed by atoms with Crippen LogP contribution in [0.5, 0.6) is 0 Å². The van der Waals surface area contributed by atoms with Gasteiger partial charge < -0.3 is 16.0 Å². The number of carbonyl (C=O) groups is 1. The molecule has 0 radical (unpaired) electrons. The number of likely N-dealkylation sites (tertiary alicyclic amines) is 1. The minimum Gasteiger partial charge on any atom is -0.356 e. The summed E-state index contributed by atoms with van der Waals surface area (Å²) in [6.45, 7) is 5.22. The lowest BCUT2D eigenvalue weighted by Gasteiger charge is -2.26. The molecule has 1 saturated heterocycles. The Labute approximate surface area is 142 Å². The normalized spacial score (nSPS) is 14.9. The van der Waals surface area contributed by atoms with Gasteiger partial charge in [0.25, 0.3) is 0 Å². The maximum Gasteiger partial charge on any atom is 0.219 e. The second-order valence-corrected chi connectivity index (χ2v) is 5.56. The molecular weight excluding hydrogens is 309 g/mol. The van der Waals surface area contributed by atoms with Crippen molar-refractivity contribution in [2.45, 2.75) is 57.8 Å². The number of halogens is 2. The molecule has 0 aliphatic carbocycles. The van der Waals surface area contributed by atoms with Crippen LogP contribution < -0.4 is 11.1 Å². The third kappa shape index (κ3) is 13.4. The zero-order valence-corrected chi connectivity index (χ0v) is 14.8. The second kappa shape index (κ2) is 16.3. The number of hydrogen-bond acceptors (Lipinski definition) is 3. The van der Waals surface area contributed by atoms with Gasteiger partial charge in [-0.15, -0.1) is 24.8 Å². The Bertz CT molecular complexity index is 237. The molecule has 0 spiro atoms. The highest BCUT2D eigenvalue weighted by molar-refractivity contribution is 5.85. The van der Waals surface area contributed by atoms with E-state index in [9.17, 15) is 4.79 Å². The molecule has 0 saturated carbocycles. The van der Waals surface area contributed by atoms with E-state index in [1.165, 1.54) is 32.4 Å². The van der Waals surface area contributed by atoms with Gasteiger partial charge >= 0.3 is 0 Å². The summed E-state index contributed by atoms with van der Waals surface area (Å²) < 4.78 is 0. The van der Waals surface area contributed by atoms with Crippen LogP contribution in [-0.2, 0) is 4.79 Å². The van der Waals surface area contributed by atoms with Gasteiger partial charge in [0.1, 0.15) is 0 Å². The third-order valence-electron chi connectivity index (χ3n) is 3.78. The Kier molecular flexibility index (Phi) is 18.1. The standard InChI is InChI=1S/C15H31N3O.2ClH/c16-10-5-2-1-4-9-15(19)17-11-8-14-18-12-6-3-7-13-18;;/h1-14,16H2,(H,17,19);2*1H. The average molecular weight is 342 g/mol. The summed E-state index contributed by atoms with van der Waals surface area (Å²) in [6, 6.07) is 0. The fraction of sp³-hybridized carbons (Fsp3) is 0.933. The van der Waals surface area contributed by atoms with Crippen LogP contribution in [-0.4, -0.2) is 43.5 Å². The van der Waals surface area contributed by atoms with E-state index in [4.69, 9.17) is 5.73 Å². The highest BCUT2D eigenvalue weighted by atomic mass is 35.5. The van der Waals surface area contributed by atoms with Gasteiger partial charge in [-0.05, 0) is 58.3 Å². The molecule has 1 aliphatic heterocycles. The summed E-state index contributed by atoms with van der Waals surface area (Å²) in [5, 5.41) is 3.02. The summed E-state index contributed by atoms with van der Waals surface area (Å²) in [4.78, 5) is 14.1. The van der Waals surface area contributed by atoms with E-state index >= 15 is 0 Å². The number of hydrogen-bond donors (Lipinski definition) is 2. The third-order valence-corrected chi connectivity index (χ3v) is 3.78. The smallest absolute Gasteiger partial charge is 0.219 e. The van der Waals surface area contributed by atoms with Crippen molar-refractivity contribution in [3.8, 4) is 0 Å². The van der Waals surface area contributed by atoms with Gasteiger partial charge in [-0.1, -0.05) is 19.3 Å². The number of unbranched alkanes of at least 4 members (excludes halogenated alkanes) is 3. The van der Waals surface area contributed by atoms with Crippen molar-refractivity contribution >= 4 is 30.7 Å². The minimum absolute atomic E-state index is 0. The number of piperidine rings is 1. The van der Waals surface area contributed by atoms with Crippen LogP contribution >= 0.6 is 24.8 Å². The fourth-order valence-electron chi connectivity index (χ4n) is 2.59. The monoisotopic (exact) mass is 341 g/mol. The second-order valence-electron chi connectivity index (χ2n) is 5.56. The van der Waals surface area contributed by atoms with E-state index in [0.717, 1.165) is 51.7 Å². The lowest BCUT2D eigenvalue weighted by molar-refractivity contribution is -0.121. The largest absolute Gasteiger partial charge is 0.356 e. The summed E-state index contributed by atoms with van der Waals surface area (Å²) in [6.07, 6.45) is 10.2. The van der Waals surface area contributed by atoms with E-state index in [-0.39, 0.29) is 30.7 Å². The first-order valence-electron chi connectivity index (χ1n) is 8.02. The zero-order valence-electron chi connectivity index (χ0n) is 13.1. The van der Waals surface area contributed by atoms with Crippen molar-refractivity contribution in [2.24, 2.45) is 5.73 Å². The Morgan fingerprint density at radius 3 is 2.29 bits per heavy atom. The van der Waals surface area contributed by atoms with Gasteiger partial charge in [-0.2, -0.15) is 0 Å². The first-order valence-corrected chi connectivity index (χ1v) is 8.02. The molecule has 6 heteroatoms. The van der Waals surface area contributed by atoms with E-state index < -0.39 is 0 Å². The molecule has 0 bridgehead atoms. The predicted octanol–water partition coefficient (Wildman–Crippen LogP) is 2.73. The van der Waals surface area contributed by atoms with Crippen molar-refractivity contribution in [3.05, 3.63) is 0 Å². The summed E-state index contributed by atoms with van der Waals surface area (Å²) in [5.41, 5.74) is 5.43. The molecule has 0 atom stereocenters. The SMILES string of the molecule is Cl.Cl.NCCCCCCC(=O)NCCCN1CCCCC1. The summed E-state index contributed by atoms with van der Waals surface area (Å²) in [7, 11) is 0. The maximum absolute atomic E-state index is 11.6. The first-order chi connectivity index (χ1) is 9.33. The Morgan fingerprint density at radius 2 is 1.62 bits per heavy atom. The average Bonchev–Trinajstić information content (AvgIpc) is 2.44. The fourth-order valence-corrected chi connectivity index (χ4v) is 2.59. The summed E-state index contributed by atoms with van der Waals surface area (Å²) >= 11 is 0. The van der Waals surface area contributed by atoms with Crippen molar-refractivity contribution in [3.63, 3.8) is 0 Å². The number of amides is 1. The maximum atomic E-state index is 11.6. The van der Waals surface area contributed by atoms with E-state index in [2.05, 4.69) is 10.2 Å². The number of rotatable bonds is 10. The predicted molar refractivity (Wildman–Crippen MR) is 94.6 cm³/mol. The van der Waals surface area contributed by atoms with Crippen LogP contribution in [0.2, 0.25) is 0 Å². The molecule has 21 heavy (non-hydrogen) atoms. The van der Waals surface area contributed by atoms with E-state index in [1.54, 1.807) is 0 Å². The van der Waals surface area contributed by atoms with Crippen molar-refractivity contribution < 1.29 is 4.79 Å². The molecule has 1 amide bonds. The van der Waals surface area contributed by atoms with Crippen LogP contribution in [0.1, 0.15) is 57.8 Å². The Balaban J connectivity index is 0. The minimum atomic E-state index is 0. The number of nitrogens with zero attached hydrogens (tertiary/aromatic N) is 1. The lowest BCUT2D eigenvalue weighted by atomic mass is 10.1. The molecule has 1 aliphatic rings. The molecule has 1 fully saturated rings. The van der Waals surface area contributed by atoms with Gasteiger partial charge in [0.15, 0.2) is 0 Å². The number of carbonyl (C=O) groups excluding carboxylic acids is 1. The van der Waals surface area contributed by atoms with E-state index in [1.807, 2.05) is 0 Å². The highest BCUT2D eigenvalue weighted by Gasteiger charge is 2.09. The molecule has 1 heterocycles. The van der Waals surface area contributed by atoms with Crippen molar-refractivity contribution in [1.29, 1.82) is 0 Å². The number of nitrogens with two attached hydrogens (primary N) is 1. The van der Waals surface area contributed by atoms with Crippen molar-refractivity contribution in [1.82, 2.24) is 10.2 Å². The first kappa shape index (κ1) is 23.2. The van der Waals surface area contributed by atoms with E-state index in [0.29, 0.717) is 6.42 Å². The molecule has 4 nitrogen and oxygen atoms in total. The molecule has 0 aromatic heterocycles. The lowest BCUT2D eigenvalue weighted by Crippen LogP contribution is -2.33. The van der Waals surface area contributed by atoms with Gasteiger partial charge in [-0.3, -0.25) is 4.79 Å². The van der Waals surface area contributed by atoms with Crippen LogP contribution in [0.25, 0.3) is 0 Å². The zero-order chi connectivity index (χ0) is 13.8.